The highest BCUT2D eigenvalue weighted by atomic mass is 32.2. The molecule has 1 N–H and O–H groups in total. The Kier molecular flexibility index (Phi) is 8.40. The molecule has 4 aromatic rings. The molecule has 0 saturated carbocycles. The summed E-state index contributed by atoms with van der Waals surface area (Å²) in [6.07, 6.45) is 5.11. The van der Waals surface area contributed by atoms with Gasteiger partial charge in [0, 0.05) is 23.8 Å². The largest absolute Gasteiger partial charge is 0.462 e. The van der Waals surface area contributed by atoms with Crippen LogP contribution in [0.2, 0.25) is 0 Å². The van der Waals surface area contributed by atoms with Gasteiger partial charge in [-0.05, 0) is 55.8 Å². The van der Waals surface area contributed by atoms with Gasteiger partial charge in [0.2, 0.25) is 0 Å². The molecule has 184 valence electrons. The van der Waals surface area contributed by atoms with Gasteiger partial charge in [-0.1, -0.05) is 48.0 Å². The van der Waals surface area contributed by atoms with Crippen LogP contribution in [0.3, 0.4) is 0 Å². The van der Waals surface area contributed by atoms with E-state index in [0.29, 0.717) is 34.5 Å². The summed E-state index contributed by atoms with van der Waals surface area (Å²) in [5.74, 6) is -0.406. The lowest BCUT2D eigenvalue weighted by atomic mass is 10.2. The number of hydrogen-bond donors (Lipinski definition) is 1. The number of hydrogen-bond acceptors (Lipinski definition) is 8. The van der Waals surface area contributed by atoms with E-state index in [2.05, 4.69) is 25.6 Å². The molecular formula is C26H26N6O3S. The zero-order chi connectivity index (χ0) is 25.3. The molecular weight excluding hydrogens is 476 g/mol. The Morgan fingerprint density at radius 1 is 1.03 bits per heavy atom. The van der Waals surface area contributed by atoms with Crippen molar-refractivity contribution in [2.45, 2.75) is 37.6 Å². The number of ether oxygens (including phenoxy) is 1. The van der Waals surface area contributed by atoms with Crippen molar-refractivity contribution in [3.8, 4) is 5.69 Å². The van der Waals surface area contributed by atoms with E-state index in [1.54, 1.807) is 47.4 Å². The average Bonchev–Trinajstić information content (AvgIpc) is 3.33. The Balaban J connectivity index is 1.53. The first kappa shape index (κ1) is 25.1. The lowest BCUT2D eigenvalue weighted by Crippen LogP contribution is -2.15. The average molecular weight is 503 g/mol. The van der Waals surface area contributed by atoms with Crippen molar-refractivity contribution in [3.05, 3.63) is 89.5 Å². The molecule has 4 rings (SSSR count). The summed E-state index contributed by atoms with van der Waals surface area (Å²) in [6.45, 7) is 4.42. The smallest absolute Gasteiger partial charge is 0.338 e. The minimum Gasteiger partial charge on any atom is -0.462 e. The van der Waals surface area contributed by atoms with Crippen molar-refractivity contribution in [1.82, 2.24) is 25.0 Å². The van der Waals surface area contributed by atoms with Crippen molar-refractivity contribution >= 4 is 29.3 Å². The third kappa shape index (κ3) is 6.33. The summed E-state index contributed by atoms with van der Waals surface area (Å²) in [5.41, 5.74) is 3.67. The van der Waals surface area contributed by atoms with Gasteiger partial charge >= 0.3 is 5.97 Å². The number of benzene rings is 2. The van der Waals surface area contributed by atoms with Crippen LogP contribution < -0.4 is 5.32 Å². The van der Waals surface area contributed by atoms with Gasteiger partial charge in [0.1, 0.15) is 0 Å². The molecule has 2 aromatic carbocycles. The second-order valence-electron chi connectivity index (χ2n) is 7.97. The Morgan fingerprint density at radius 2 is 1.75 bits per heavy atom. The van der Waals surface area contributed by atoms with Crippen LogP contribution >= 0.6 is 11.8 Å². The Bertz CT molecular complexity index is 1310. The first-order valence-corrected chi connectivity index (χ1v) is 12.5. The number of amides is 1. The highest BCUT2D eigenvalue weighted by molar-refractivity contribution is 7.98. The van der Waals surface area contributed by atoms with Crippen LogP contribution in [0.4, 0.5) is 5.69 Å². The molecule has 2 heterocycles. The van der Waals surface area contributed by atoms with Crippen LogP contribution in [0.25, 0.3) is 5.69 Å². The monoisotopic (exact) mass is 502 g/mol. The number of aromatic nitrogens is 5. The van der Waals surface area contributed by atoms with Crippen LogP contribution in [0.5, 0.6) is 0 Å². The van der Waals surface area contributed by atoms with Gasteiger partial charge in [-0.15, -0.1) is 5.10 Å². The second-order valence-corrected chi connectivity index (χ2v) is 8.92. The first-order valence-electron chi connectivity index (χ1n) is 11.5. The third-order valence-corrected chi connectivity index (χ3v) is 6.13. The number of esters is 1. The molecule has 2 aromatic heterocycles. The molecule has 0 fully saturated rings. The fourth-order valence-electron chi connectivity index (χ4n) is 3.27. The predicted molar refractivity (Wildman–Crippen MR) is 137 cm³/mol. The summed E-state index contributed by atoms with van der Waals surface area (Å²) < 4.78 is 6.88. The van der Waals surface area contributed by atoms with E-state index in [-0.39, 0.29) is 11.7 Å². The zero-order valence-electron chi connectivity index (χ0n) is 20.0. The van der Waals surface area contributed by atoms with E-state index in [4.69, 9.17) is 4.74 Å². The normalized spacial score (nSPS) is 10.7. The second kappa shape index (κ2) is 12.1. The Labute approximate surface area is 213 Å². The van der Waals surface area contributed by atoms with E-state index in [1.165, 1.54) is 11.8 Å². The number of thioether (sulfide) groups is 1. The number of aryl methyl sites for hydroxylation is 1. The minimum absolute atomic E-state index is 0.196. The molecule has 0 radical (unpaired) electrons. The van der Waals surface area contributed by atoms with Gasteiger partial charge in [0.15, 0.2) is 10.9 Å². The SMILES string of the molecule is CCCCOC(=O)c1ccc(NC(=O)c2nnn(-c3ccc(C)cc3)c2CSc2ncccn2)cc1. The minimum atomic E-state index is -0.406. The van der Waals surface area contributed by atoms with Gasteiger partial charge in [-0.3, -0.25) is 4.79 Å². The molecule has 0 aliphatic carbocycles. The molecule has 36 heavy (non-hydrogen) atoms. The van der Waals surface area contributed by atoms with Crippen LogP contribution in [0.15, 0.2) is 72.1 Å². The van der Waals surface area contributed by atoms with Crippen molar-refractivity contribution in [1.29, 1.82) is 0 Å². The molecule has 1 amide bonds. The van der Waals surface area contributed by atoms with E-state index in [9.17, 15) is 9.59 Å². The Hall–Kier alpha value is -4.05. The highest BCUT2D eigenvalue weighted by Gasteiger charge is 2.22. The number of unbranched alkanes of at least 4 members (excludes halogenated alkanes) is 1. The topological polar surface area (TPSA) is 112 Å². The summed E-state index contributed by atoms with van der Waals surface area (Å²) in [6, 6.07) is 16.1. The van der Waals surface area contributed by atoms with Gasteiger partial charge in [-0.25, -0.2) is 19.4 Å². The number of nitrogens with zero attached hydrogens (tertiary/aromatic N) is 5. The zero-order valence-corrected chi connectivity index (χ0v) is 20.9. The maximum atomic E-state index is 13.2. The first-order chi connectivity index (χ1) is 17.5. The van der Waals surface area contributed by atoms with Crippen LogP contribution in [0, 0.1) is 6.92 Å². The van der Waals surface area contributed by atoms with Gasteiger partial charge in [0.25, 0.3) is 5.91 Å². The fraction of sp³-hybridized carbons (Fsp3) is 0.231. The van der Waals surface area contributed by atoms with E-state index >= 15 is 0 Å². The predicted octanol–water partition coefficient (Wildman–Crippen LogP) is 4.87. The summed E-state index contributed by atoms with van der Waals surface area (Å²) in [7, 11) is 0. The van der Waals surface area contributed by atoms with Crippen molar-refractivity contribution in [3.63, 3.8) is 0 Å². The number of carbonyl (C=O) groups is 2. The van der Waals surface area contributed by atoms with Gasteiger partial charge in [0.05, 0.1) is 23.6 Å². The molecule has 0 unspecified atom stereocenters. The number of nitrogens with one attached hydrogen (secondary N) is 1. The van der Waals surface area contributed by atoms with Crippen molar-refractivity contribution in [2.24, 2.45) is 0 Å². The fourth-order valence-corrected chi connectivity index (χ4v) is 4.06. The molecule has 0 bridgehead atoms. The Morgan fingerprint density at radius 3 is 2.44 bits per heavy atom. The van der Waals surface area contributed by atoms with Crippen molar-refractivity contribution in [2.75, 3.05) is 11.9 Å². The molecule has 10 heteroatoms. The molecule has 0 aliphatic heterocycles. The van der Waals surface area contributed by atoms with E-state index in [0.717, 1.165) is 24.1 Å². The molecule has 9 nitrogen and oxygen atoms in total. The maximum absolute atomic E-state index is 13.2. The summed E-state index contributed by atoms with van der Waals surface area (Å²) in [5, 5.41) is 11.9. The molecule has 0 aliphatic rings. The van der Waals surface area contributed by atoms with Crippen LogP contribution in [-0.4, -0.2) is 43.4 Å². The van der Waals surface area contributed by atoms with Crippen molar-refractivity contribution < 1.29 is 14.3 Å². The standard InChI is InChI=1S/C26H26N6O3S/c1-3-4-16-35-25(34)19-8-10-20(11-9-19)29-24(33)23-22(17-36-26-27-14-5-15-28-26)32(31-30-23)21-12-6-18(2)7-13-21/h5-15H,3-4,16-17H2,1-2H3,(H,29,33). The molecule has 0 saturated heterocycles. The number of anilines is 1. The van der Waals surface area contributed by atoms with E-state index < -0.39 is 5.91 Å². The van der Waals surface area contributed by atoms with Crippen LogP contribution in [-0.2, 0) is 10.5 Å². The van der Waals surface area contributed by atoms with E-state index in [1.807, 2.05) is 38.1 Å². The van der Waals surface area contributed by atoms with Gasteiger partial charge < -0.3 is 10.1 Å². The quantitative estimate of drug-likeness (QED) is 0.142. The molecule has 0 atom stereocenters. The maximum Gasteiger partial charge on any atom is 0.338 e. The lowest BCUT2D eigenvalue weighted by Gasteiger charge is -2.09. The highest BCUT2D eigenvalue weighted by Crippen LogP contribution is 2.24. The lowest BCUT2D eigenvalue weighted by molar-refractivity contribution is 0.0499. The number of carbonyl (C=O) groups excluding carboxylic acids is 2. The van der Waals surface area contributed by atoms with Gasteiger partial charge in [-0.2, -0.15) is 0 Å². The molecule has 0 spiro atoms. The van der Waals surface area contributed by atoms with Crippen LogP contribution in [0.1, 0.15) is 51.9 Å². The number of rotatable bonds is 10. The summed E-state index contributed by atoms with van der Waals surface area (Å²) >= 11 is 1.39. The summed E-state index contributed by atoms with van der Waals surface area (Å²) in [4.78, 5) is 33.8. The third-order valence-electron chi connectivity index (χ3n) is 5.25.